The third-order valence-corrected chi connectivity index (χ3v) is 5.78. The van der Waals surface area contributed by atoms with Crippen LogP contribution in [0.3, 0.4) is 0 Å². The van der Waals surface area contributed by atoms with Crippen molar-refractivity contribution < 1.29 is 22.6 Å². The number of fused-ring (bicyclic) bond motifs is 1. The first kappa shape index (κ1) is 22.9. The Morgan fingerprint density at radius 2 is 1.73 bits per heavy atom. The molecule has 0 radical (unpaired) electrons. The maximum Gasteiger partial charge on any atom is 0.431 e. The zero-order valence-electron chi connectivity index (χ0n) is 17.3. The Morgan fingerprint density at radius 3 is 2.45 bits per heavy atom. The Hall–Kier alpha value is -3.28. The van der Waals surface area contributed by atoms with Crippen LogP contribution in [0.25, 0.3) is 15.8 Å². The van der Waals surface area contributed by atoms with Gasteiger partial charge >= 0.3 is 11.9 Å². The number of ether oxygens (including phenoxy) is 2. The van der Waals surface area contributed by atoms with Gasteiger partial charge in [0.05, 0.1) is 29.3 Å². The van der Waals surface area contributed by atoms with Crippen LogP contribution in [0.2, 0.25) is 0 Å². The Balaban J connectivity index is 1.54. The van der Waals surface area contributed by atoms with E-state index in [1.54, 1.807) is 12.1 Å². The number of hydrogen-bond donors (Lipinski definition) is 0. The van der Waals surface area contributed by atoms with Crippen molar-refractivity contribution >= 4 is 21.6 Å². The second kappa shape index (κ2) is 9.30. The molecule has 7 nitrogen and oxygen atoms in total. The first-order chi connectivity index (χ1) is 15.8. The summed E-state index contributed by atoms with van der Waals surface area (Å²) in [5.74, 6) is 0. The SMILES string of the molecule is Cn1c(C(F)(F)F)cc(=O)n(-c2ccc3snc(COCOCc4ccccc4)c3c2)c1=O. The van der Waals surface area contributed by atoms with Gasteiger partial charge in [0.25, 0.3) is 5.56 Å². The van der Waals surface area contributed by atoms with E-state index >= 15 is 0 Å². The predicted molar refractivity (Wildman–Crippen MR) is 116 cm³/mol. The molecule has 0 saturated carbocycles. The summed E-state index contributed by atoms with van der Waals surface area (Å²) in [6.45, 7) is 0.549. The number of aromatic nitrogens is 3. The van der Waals surface area contributed by atoms with Crippen molar-refractivity contribution in [1.29, 1.82) is 0 Å². The van der Waals surface area contributed by atoms with Crippen molar-refractivity contribution in [2.24, 2.45) is 7.05 Å². The van der Waals surface area contributed by atoms with E-state index in [2.05, 4.69) is 4.37 Å². The minimum absolute atomic E-state index is 0.0342. The summed E-state index contributed by atoms with van der Waals surface area (Å²) in [5, 5.41) is 0.634. The Morgan fingerprint density at radius 1 is 1.00 bits per heavy atom. The highest BCUT2D eigenvalue weighted by Gasteiger charge is 2.35. The third-order valence-electron chi connectivity index (χ3n) is 4.91. The molecule has 0 N–H and O–H groups in total. The van der Waals surface area contributed by atoms with E-state index in [1.807, 2.05) is 30.3 Å². The van der Waals surface area contributed by atoms with Gasteiger partial charge in [-0.15, -0.1) is 0 Å². The van der Waals surface area contributed by atoms with E-state index in [9.17, 15) is 22.8 Å². The Labute approximate surface area is 189 Å². The summed E-state index contributed by atoms with van der Waals surface area (Å²) in [6, 6.07) is 14.7. The molecule has 2 aromatic carbocycles. The molecule has 0 aliphatic carbocycles. The first-order valence-corrected chi connectivity index (χ1v) is 10.5. The van der Waals surface area contributed by atoms with Crippen molar-refractivity contribution in [2.45, 2.75) is 19.4 Å². The molecule has 0 aliphatic heterocycles. The van der Waals surface area contributed by atoms with E-state index in [0.29, 0.717) is 32.9 Å². The largest absolute Gasteiger partial charge is 0.431 e. The molecule has 2 heterocycles. The molecule has 0 atom stereocenters. The highest BCUT2D eigenvalue weighted by atomic mass is 32.1. The zero-order chi connectivity index (χ0) is 23.6. The van der Waals surface area contributed by atoms with Crippen LogP contribution < -0.4 is 11.2 Å². The van der Waals surface area contributed by atoms with Gasteiger partial charge in [0.1, 0.15) is 12.5 Å². The number of nitrogens with zero attached hydrogens (tertiary/aromatic N) is 3. The van der Waals surface area contributed by atoms with Gasteiger partial charge in [0.15, 0.2) is 0 Å². The molecule has 11 heteroatoms. The lowest BCUT2D eigenvalue weighted by Crippen LogP contribution is -2.40. The molecule has 0 spiro atoms. The second-order valence-electron chi connectivity index (χ2n) is 7.15. The molecule has 172 valence electrons. The summed E-state index contributed by atoms with van der Waals surface area (Å²) in [5.41, 5.74) is -1.75. The van der Waals surface area contributed by atoms with Crippen molar-refractivity contribution in [1.82, 2.24) is 13.5 Å². The van der Waals surface area contributed by atoms with E-state index in [4.69, 9.17) is 9.47 Å². The average molecular weight is 477 g/mol. The summed E-state index contributed by atoms with van der Waals surface area (Å²) in [6.07, 6.45) is -4.82. The number of hydrogen-bond acceptors (Lipinski definition) is 6. The maximum atomic E-state index is 13.1. The minimum atomic E-state index is -4.82. The second-order valence-corrected chi connectivity index (χ2v) is 7.96. The van der Waals surface area contributed by atoms with Gasteiger partial charge in [-0.3, -0.25) is 9.36 Å². The molecular formula is C22H18F3N3O4S. The molecule has 4 rings (SSSR count). The molecular weight excluding hydrogens is 459 g/mol. The van der Waals surface area contributed by atoms with Crippen LogP contribution in [0.4, 0.5) is 13.2 Å². The quantitative estimate of drug-likeness (QED) is 0.299. The van der Waals surface area contributed by atoms with Crippen molar-refractivity contribution in [2.75, 3.05) is 6.79 Å². The molecule has 33 heavy (non-hydrogen) atoms. The standard InChI is InChI=1S/C22H18F3N3O4S/c1-27-19(22(23,24)25)10-20(29)28(21(27)30)15-7-8-18-16(9-15)17(26-33-18)12-32-13-31-11-14-5-3-2-4-6-14/h2-10H,11-13H2,1H3. The lowest BCUT2D eigenvalue weighted by Gasteiger charge is -2.14. The van der Waals surface area contributed by atoms with Crippen LogP contribution >= 0.6 is 11.5 Å². The zero-order valence-corrected chi connectivity index (χ0v) is 18.2. The van der Waals surface area contributed by atoms with Crippen LogP contribution in [-0.4, -0.2) is 20.3 Å². The highest BCUT2D eigenvalue weighted by Crippen LogP contribution is 2.28. The minimum Gasteiger partial charge on any atom is -0.351 e. The monoisotopic (exact) mass is 477 g/mol. The van der Waals surface area contributed by atoms with Gasteiger partial charge in [0, 0.05) is 18.5 Å². The normalized spacial score (nSPS) is 11.9. The molecule has 0 saturated heterocycles. The van der Waals surface area contributed by atoms with Gasteiger partial charge in [-0.2, -0.15) is 17.5 Å². The van der Waals surface area contributed by atoms with E-state index in [-0.39, 0.29) is 19.1 Å². The molecule has 0 amide bonds. The van der Waals surface area contributed by atoms with Gasteiger partial charge in [0.2, 0.25) is 0 Å². The van der Waals surface area contributed by atoms with E-state index < -0.39 is 23.1 Å². The van der Waals surface area contributed by atoms with Crippen LogP contribution in [0, 0.1) is 0 Å². The smallest absolute Gasteiger partial charge is 0.351 e. The van der Waals surface area contributed by atoms with Crippen LogP contribution in [-0.2, 0) is 35.9 Å². The molecule has 0 bridgehead atoms. The summed E-state index contributed by atoms with van der Waals surface area (Å²) >= 11 is 1.21. The molecule has 0 unspecified atom stereocenters. The Kier molecular flexibility index (Phi) is 6.45. The molecule has 2 aromatic heterocycles. The topological polar surface area (TPSA) is 75.3 Å². The number of alkyl halides is 3. The molecule has 0 aliphatic rings. The average Bonchev–Trinajstić information content (AvgIpc) is 3.18. The van der Waals surface area contributed by atoms with Crippen LogP contribution in [0.5, 0.6) is 0 Å². The van der Waals surface area contributed by atoms with E-state index in [1.165, 1.54) is 17.6 Å². The van der Waals surface area contributed by atoms with Crippen molar-refractivity contribution in [3.8, 4) is 5.69 Å². The summed E-state index contributed by atoms with van der Waals surface area (Å²) in [4.78, 5) is 24.9. The number of benzene rings is 2. The highest BCUT2D eigenvalue weighted by molar-refractivity contribution is 7.13. The fourth-order valence-corrected chi connectivity index (χ4v) is 4.05. The third kappa shape index (κ3) is 4.90. The first-order valence-electron chi connectivity index (χ1n) is 9.74. The summed E-state index contributed by atoms with van der Waals surface area (Å²) < 4.78 is 56.5. The van der Waals surface area contributed by atoms with Gasteiger partial charge in [-0.05, 0) is 35.3 Å². The van der Waals surface area contributed by atoms with Gasteiger partial charge < -0.3 is 9.47 Å². The van der Waals surface area contributed by atoms with Crippen molar-refractivity contribution in [3.05, 3.63) is 92.4 Å². The molecule has 0 fully saturated rings. The lowest BCUT2D eigenvalue weighted by molar-refractivity contribution is -0.144. The van der Waals surface area contributed by atoms with E-state index in [0.717, 1.165) is 17.3 Å². The maximum absolute atomic E-state index is 13.1. The number of rotatable bonds is 7. The fourth-order valence-electron chi connectivity index (χ4n) is 3.29. The van der Waals surface area contributed by atoms with Crippen molar-refractivity contribution in [3.63, 3.8) is 0 Å². The van der Waals surface area contributed by atoms with Crippen LogP contribution in [0.1, 0.15) is 17.0 Å². The van der Waals surface area contributed by atoms with Gasteiger partial charge in [-0.1, -0.05) is 30.3 Å². The fraction of sp³-hybridized carbons (Fsp3) is 0.227. The van der Waals surface area contributed by atoms with Gasteiger partial charge in [-0.25, -0.2) is 9.36 Å². The predicted octanol–water partition coefficient (Wildman–Crippen LogP) is 3.86. The molecule has 4 aromatic rings. The number of halogens is 3. The lowest BCUT2D eigenvalue weighted by atomic mass is 10.2. The van der Waals surface area contributed by atoms with Crippen LogP contribution in [0.15, 0.2) is 64.2 Å². The summed E-state index contributed by atoms with van der Waals surface area (Å²) in [7, 11) is 0.973. The Bertz CT molecular complexity index is 1390.